The maximum absolute atomic E-state index is 6.06. The normalized spacial score (nSPS) is 10.4. The van der Waals surface area contributed by atoms with E-state index in [1.807, 2.05) is 37.3 Å². The van der Waals surface area contributed by atoms with E-state index in [4.69, 9.17) is 17.3 Å². The van der Waals surface area contributed by atoms with E-state index in [2.05, 4.69) is 13.0 Å². The van der Waals surface area contributed by atoms with Crippen molar-refractivity contribution in [1.82, 2.24) is 0 Å². The molecule has 1 nitrogen and oxygen atoms in total. The maximum Gasteiger partial charge on any atom is 0.0414 e. The van der Waals surface area contributed by atoms with E-state index in [9.17, 15) is 0 Å². The molecular weight excluding hydrogens is 218 g/mol. The van der Waals surface area contributed by atoms with Gasteiger partial charge in [-0.2, -0.15) is 0 Å². The molecule has 0 aromatic heterocycles. The van der Waals surface area contributed by atoms with Gasteiger partial charge in [0.15, 0.2) is 0 Å². The zero-order chi connectivity index (χ0) is 11.7. The molecule has 0 aliphatic carbocycles. The van der Waals surface area contributed by atoms with Crippen LogP contribution in [0.4, 0.5) is 5.69 Å². The van der Waals surface area contributed by atoms with Gasteiger partial charge in [-0.15, -0.1) is 0 Å². The molecule has 0 atom stereocenters. The fourth-order valence-corrected chi connectivity index (χ4v) is 2.13. The standard InChI is InChI=1S/C14H14ClN/c1-9-5-11(7-12(15)6-9)14-8-13(16)4-3-10(14)2/h3-8H,16H2,1-2H3. The predicted octanol–water partition coefficient (Wildman–Crippen LogP) is 4.21. The first-order valence-electron chi connectivity index (χ1n) is 5.20. The summed E-state index contributed by atoms with van der Waals surface area (Å²) in [4.78, 5) is 0. The lowest BCUT2D eigenvalue weighted by Gasteiger charge is -2.08. The van der Waals surface area contributed by atoms with Crippen LogP contribution in [-0.4, -0.2) is 0 Å². The molecule has 0 aliphatic rings. The first-order valence-corrected chi connectivity index (χ1v) is 5.58. The summed E-state index contributed by atoms with van der Waals surface area (Å²) in [6, 6.07) is 12.0. The van der Waals surface area contributed by atoms with Crippen molar-refractivity contribution in [3.8, 4) is 11.1 Å². The van der Waals surface area contributed by atoms with Crippen LogP contribution in [0.1, 0.15) is 11.1 Å². The molecule has 16 heavy (non-hydrogen) atoms. The number of nitrogens with two attached hydrogens (primary N) is 1. The summed E-state index contributed by atoms with van der Waals surface area (Å²) in [5.74, 6) is 0. The third-order valence-electron chi connectivity index (χ3n) is 2.61. The molecule has 0 aliphatic heterocycles. The van der Waals surface area contributed by atoms with Crippen molar-refractivity contribution in [3.05, 3.63) is 52.5 Å². The lowest BCUT2D eigenvalue weighted by Crippen LogP contribution is -1.89. The van der Waals surface area contributed by atoms with Crippen LogP contribution >= 0.6 is 11.6 Å². The third kappa shape index (κ3) is 2.20. The zero-order valence-electron chi connectivity index (χ0n) is 9.42. The van der Waals surface area contributed by atoms with E-state index in [0.717, 1.165) is 27.4 Å². The van der Waals surface area contributed by atoms with E-state index in [-0.39, 0.29) is 0 Å². The van der Waals surface area contributed by atoms with Gasteiger partial charge in [0, 0.05) is 10.7 Å². The number of nitrogen functional groups attached to an aromatic ring is 1. The van der Waals surface area contributed by atoms with Crippen molar-refractivity contribution in [2.75, 3.05) is 5.73 Å². The van der Waals surface area contributed by atoms with E-state index in [1.54, 1.807) is 0 Å². The first kappa shape index (κ1) is 11.0. The van der Waals surface area contributed by atoms with E-state index >= 15 is 0 Å². The molecule has 0 saturated heterocycles. The van der Waals surface area contributed by atoms with E-state index < -0.39 is 0 Å². The summed E-state index contributed by atoms with van der Waals surface area (Å²) in [7, 11) is 0. The first-order chi connectivity index (χ1) is 7.56. The van der Waals surface area contributed by atoms with Crippen molar-refractivity contribution in [2.24, 2.45) is 0 Å². The molecule has 0 heterocycles. The Kier molecular flexibility index (Phi) is 2.88. The van der Waals surface area contributed by atoms with Gasteiger partial charge in [0.05, 0.1) is 0 Å². The number of benzene rings is 2. The average molecular weight is 232 g/mol. The molecule has 2 N–H and O–H groups in total. The Balaban J connectivity index is 2.62. The maximum atomic E-state index is 6.06. The fraction of sp³-hybridized carbons (Fsp3) is 0.143. The molecule has 0 spiro atoms. The van der Waals surface area contributed by atoms with Crippen LogP contribution in [0.3, 0.4) is 0 Å². The summed E-state index contributed by atoms with van der Waals surface area (Å²) in [5.41, 5.74) is 11.2. The summed E-state index contributed by atoms with van der Waals surface area (Å²) >= 11 is 6.06. The minimum absolute atomic E-state index is 0.761. The Morgan fingerprint density at radius 3 is 2.44 bits per heavy atom. The lowest BCUT2D eigenvalue weighted by atomic mass is 9.98. The zero-order valence-corrected chi connectivity index (χ0v) is 10.2. The molecule has 2 aromatic rings. The molecule has 2 rings (SSSR count). The van der Waals surface area contributed by atoms with Gasteiger partial charge in [0.1, 0.15) is 0 Å². The van der Waals surface area contributed by atoms with Gasteiger partial charge in [-0.3, -0.25) is 0 Å². The Labute approximate surface area is 101 Å². The van der Waals surface area contributed by atoms with Crippen LogP contribution in [0.5, 0.6) is 0 Å². The number of aryl methyl sites for hydroxylation is 2. The largest absolute Gasteiger partial charge is 0.399 e. The van der Waals surface area contributed by atoms with Gasteiger partial charge in [0.2, 0.25) is 0 Å². The van der Waals surface area contributed by atoms with Crippen LogP contribution in [0.15, 0.2) is 36.4 Å². The fourth-order valence-electron chi connectivity index (χ4n) is 1.84. The highest BCUT2D eigenvalue weighted by molar-refractivity contribution is 6.31. The highest BCUT2D eigenvalue weighted by Gasteiger charge is 2.04. The quantitative estimate of drug-likeness (QED) is 0.732. The molecule has 0 saturated carbocycles. The molecular formula is C14H14ClN. The highest BCUT2D eigenvalue weighted by Crippen LogP contribution is 2.28. The summed E-state index contributed by atoms with van der Waals surface area (Å²) < 4.78 is 0. The molecule has 2 heteroatoms. The molecule has 0 fully saturated rings. The van der Waals surface area contributed by atoms with Crippen molar-refractivity contribution in [3.63, 3.8) is 0 Å². The van der Waals surface area contributed by atoms with Crippen LogP contribution in [0.25, 0.3) is 11.1 Å². The number of halogens is 1. The topological polar surface area (TPSA) is 26.0 Å². The van der Waals surface area contributed by atoms with Crippen molar-refractivity contribution in [1.29, 1.82) is 0 Å². The van der Waals surface area contributed by atoms with Gasteiger partial charge in [-0.1, -0.05) is 23.7 Å². The number of hydrogen-bond donors (Lipinski definition) is 1. The third-order valence-corrected chi connectivity index (χ3v) is 2.83. The minimum atomic E-state index is 0.761. The van der Waals surface area contributed by atoms with Crippen molar-refractivity contribution < 1.29 is 0 Å². The van der Waals surface area contributed by atoms with Crippen LogP contribution < -0.4 is 5.73 Å². The molecule has 0 radical (unpaired) electrons. The van der Waals surface area contributed by atoms with Gasteiger partial charge in [-0.05, 0) is 60.4 Å². The summed E-state index contributed by atoms with van der Waals surface area (Å²) in [5, 5.41) is 0.761. The smallest absolute Gasteiger partial charge is 0.0414 e. The minimum Gasteiger partial charge on any atom is -0.399 e. The summed E-state index contributed by atoms with van der Waals surface area (Å²) in [6.45, 7) is 4.11. The Morgan fingerprint density at radius 1 is 1.00 bits per heavy atom. The van der Waals surface area contributed by atoms with Crippen LogP contribution in [0, 0.1) is 13.8 Å². The van der Waals surface area contributed by atoms with Crippen molar-refractivity contribution in [2.45, 2.75) is 13.8 Å². The van der Waals surface area contributed by atoms with Crippen LogP contribution in [0.2, 0.25) is 5.02 Å². The lowest BCUT2D eigenvalue weighted by molar-refractivity contribution is 1.43. The number of rotatable bonds is 1. The molecule has 2 aromatic carbocycles. The Morgan fingerprint density at radius 2 is 1.75 bits per heavy atom. The van der Waals surface area contributed by atoms with Crippen molar-refractivity contribution >= 4 is 17.3 Å². The van der Waals surface area contributed by atoms with Gasteiger partial charge in [0.25, 0.3) is 0 Å². The van der Waals surface area contributed by atoms with Gasteiger partial charge < -0.3 is 5.73 Å². The number of hydrogen-bond acceptors (Lipinski definition) is 1. The molecule has 82 valence electrons. The monoisotopic (exact) mass is 231 g/mol. The highest BCUT2D eigenvalue weighted by atomic mass is 35.5. The predicted molar refractivity (Wildman–Crippen MR) is 70.8 cm³/mol. The Hall–Kier alpha value is -1.47. The molecule has 0 unspecified atom stereocenters. The molecule has 0 amide bonds. The van der Waals surface area contributed by atoms with E-state index in [1.165, 1.54) is 5.56 Å². The van der Waals surface area contributed by atoms with Gasteiger partial charge in [-0.25, -0.2) is 0 Å². The van der Waals surface area contributed by atoms with E-state index in [0.29, 0.717) is 0 Å². The average Bonchev–Trinajstić information content (AvgIpc) is 2.20. The van der Waals surface area contributed by atoms with Crippen LogP contribution in [-0.2, 0) is 0 Å². The summed E-state index contributed by atoms with van der Waals surface area (Å²) in [6.07, 6.45) is 0. The second-order valence-corrected chi connectivity index (χ2v) is 4.53. The SMILES string of the molecule is Cc1cc(Cl)cc(-c2cc(N)ccc2C)c1. The second kappa shape index (κ2) is 4.18. The van der Waals surface area contributed by atoms with Gasteiger partial charge >= 0.3 is 0 Å². The molecule has 0 bridgehead atoms. The second-order valence-electron chi connectivity index (χ2n) is 4.09. The Bertz CT molecular complexity index is 512. The number of anilines is 1.